The molecule has 0 spiro atoms. The number of alkyl halides is 1. The Hall–Kier alpha value is -0.420. The van der Waals surface area contributed by atoms with Gasteiger partial charge >= 0.3 is 0 Å². The molecule has 1 unspecified atom stereocenters. The van der Waals surface area contributed by atoms with Crippen LogP contribution in [-0.2, 0) is 4.79 Å². The maximum absolute atomic E-state index is 11.1. The van der Waals surface area contributed by atoms with Crippen molar-refractivity contribution in [3.05, 3.63) is 35.9 Å². The molecular formula is C11H12INO. The molecule has 3 heteroatoms. The number of nitrogens with zero attached hydrogens (tertiary/aromatic N) is 1. The maximum atomic E-state index is 11.1. The van der Waals surface area contributed by atoms with Crippen molar-refractivity contribution in [3.8, 4) is 0 Å². The molecule has 1 aromatic rings. The fourth-order valence-corrected chi connectivity index (χ4v) is 2.56. The van der Waals surface area contributed by atoms with Crippen molar-refractivity contribution in [1.29, 1.82) is 0 Å². The van der Waals surface area contributed by atoms with Crippen LogP contribution in [0.1, 0.15) is 16.0 Å². The summed E-state index contributed by atoms with van der Waals surface area (Å²) in [5, 5.41) is 0. The molecule has 0 N–H and O–H groups in total. The van der Waals surface area contributed by atoms with E-state index in [0.717, 1.165) is 6.54 Å². The molecule has 0 aromatic heterocycles. The van der Waals surface area contributed by atoms with Gasteiger partial charge in [-0.05, 0) is 5.56 Å². The number of ketones is 1. The summed E-state index contributed by atoms with van der Waals surface area (Å²) in [5.74, 6) is 0.364. The number of carbonyl (C=O) groups is 1. The first-order valence-corrected chi connectivity index (χ1v) is 5.97. The average Bonchev–Trinajstić information content (AvgIpc) is 2.65. The molecule has 74 valence electrons. The zero-order valence-electron chi connectivity index (χ0n) is 7.82. The van der Waals surface area contributed by atoms with Crippen molar-refractivity contribution in [1.82, 2.24) is 4.90 Å². The van der Waals surface area contributed by atoms with Crippen LogP contribution in [0.5, 0.6) is 0 Å². The van der Waals surface area contributed by atoms with Crippen LogP contribution in [0.3, 0.4) is 0 Å². The number of likely N-dealkylation sites (tertiary alicyclic amines) is 1. The number of Topliss-reactive ketones (excluding diaryl/α,β-unsaturated/α-hetero) is 1. The number of hydrogen-bond donors (Lipinski definition) is 0. The summed E-state index contributed by atoms with van der Waals surface area (Å²) in [4.78, 5) is 13.4. The van der Waals surface area contributed by atoms with Gasteiger partial charge < -0.3 is 0 Å². The summed E-state index contributed by atoms with van der Waals surface area (Å²) >= 11 is 2.39. The number of halogens is 1. The van der Waals surface area contributed by atoms with E-state index in [0.29, 0.717) is 22.8 Å². The Morgan fingerprint density at radius 3 is 2.57 bits per heavy atom. The molecular weight excluding hydrogens is 289 g/mol. The van der Waals surface area contributed by atoms with Crippen LogP contribution in [0, 0.1) is 0 Å². The Kier molecular flexibility index (Phi) is 3.18. The van der Waals surface area contributed by atoms with E-state index in [1.165, 1.54) is 5.56 Å². The molecule has 1 aromatic carbocycles. The van der Waals surface area contributed by atoms with Crippen LogP contribution < -0.4 is 0 Å². The number of benzene rings is 1. The molecule has 2 rings (SSSR count). The molecule has 1 aliphatic rings. The SMILES string of the molecule is O=C1CCN(C(I)c2ccccc2)C1. The van der Waals surface area contributed by atoms with Gasteiger partial charge in [0.15, 0.2) is 0 Å². The van der Waals surface area contributed by atoms with Gasteiger partial charge in [0.1, 0.15) is 5.78 Å². The highest BCUT2D eigenvalue weighted by Gasteiger charge is 2.25. The molecule has 0 amide bonds. The number of hydrogen-bond acceptors (Lipinski definition) is 2. The van der Waals surface area contributed by atoms with E-state index in [1.807, 2.05) is 18.2 Å². The third kappa shape index (κ3) is 2.15. The topological polar surface area (TPSA) is 20.3 Å². The maximum Gasteiger partial charge on any atom is 0.148 e. The van der Waals surface area contributed by atoms with Crippen LogP contribution in [-0.4, -0.2) is 23.8 Å². The highest BCUT2D eigenvalue weighted by atomic mass is 127. The lowest BCUT2D eigenvalue weighted by atomic mass is 10.2. The van der Waals surface area contributed by atoms with E-state index >= 15 is 0 Å². The lowest BCUT2D eigenvalue weighted by Gasteiger charge is -2.21. The van der Waals surface area contributed by atoms with Crippen molar-refractivity contribution in [2.45, 2.75) is 10.5 Å². The number of rotatable bonds is 2. The Bertz CT molecular complexity index is 325. The lowest BCUT2D eigenvalue weighted by Crippen LogP contribution is -2.22. The summed E-state index contributed by atoms with van der Waals surface area (Å²) in [7, 11) is 0. The first-order chi connectivity index (χ1) is 6.77. The molecule has 1 heterocycles. The van der Waals surface area contributed by atoms with Crippen molar-refractivity contribution in [3.63, 3.8) is 0 Å². The van der Waals surface area contributed by atoms with Crippen molar-refractivity contribution < 1.29 is 4.79 Å². The monoisotopic (exact) mass is 301 g/mol. The quantitative estimate of drug-likeness (QED) is 0.475. The van der Waals surface area contributed by atoms with Gasteiger partial charge in [-0.2, -0.15) is 0 Å². The van der Waals surface area contributed by atoms with Gasteiger partial charge in [-0.3, -0.25) is 9.69 Å². The van der Waals surface area contributed by atoms with Crippen LogP contribution in [0.25, 0.3) is 0 Å². The summed E-state index contributed by atoms with van der Waals surface area (Å²) in [5.41, 5.74) is 1.28. The smallest absolute Gasteiger partial charge is 0.148 e. The van der Waals surface area contributed by atoms with Crippen molar-refractivity contribution in [2.75, 3.05) is 13.1 Å². The highest BCUT2D eigenvalue weighted by Crippen LogP contribution is 2.29. The fourth-order valence-electron chi connectivity index (χ4n) is 1.67. The van der Waals surface area contributed by atoms with Gasteiger partial charge in [-0.15, -0.1) is 0 Å². The van der Waals surface area contributed by atoms with Gasteiger partial charge in [0, 0.05) is 13.0 Å². The van der Waals surface area contributed by atoms with E-state index < -0.39 is 0 Å². The summed E-state index contributed by atoms with van der Waals surface area (Å²) in [6, 6.07) is 10.3. The lowest BCUT2D eigenvalue weighted by molar-refractivity contribution is -0.116. The second kappa shape index (κ2) is 4.40. The van der Waals surface area contributed by atoms with Gasteiger partial charge in [0.2, 0.25) is 0 Å². The largest absolute Gasteiger partial charge is 0.298 e. The molecule has 1 saturated heterocycles. The first kappa shape index (κ1) is 10.1. The Morgan fingerprint density at radius 1 is 1.29 bits per heavy atom. The van der Waals surface area contributed by atoms with Gasteiger partial charge in [0.05, 0.1) is 10.6 Å². The van der Waals surface area contributed by atoms with Gasteiger partial charge in [0.25, 0.3) is 0 Å². The third-order valence-electron chi connectivity index (χ3n) is 2.45. The van der Waals surface area contributed by atoms with E-state index in [1.54, 1.807) is 0 Å². The predicted molar refractivity (Wildman–Crippen MR) is 64.4 cm³/mol. The molecule has 2 nitrogen and oxygen atoms in total. The van der Waals surface area contributed by atoms with Gasteiger partial charge in [-0.1, -0.05) is 52.9 Å². The Labute approximate surface area is 97.4 Å². The van der Waals surface area contributed by atoms with Crippen molar-refractivity contribution >= 4 is 28.4 Å². The Morgan fingerprint density at radius 2 is 2.00 bits per heavy atom. The number of carbonyl (C=O) groups excluding carboxylic acids is 1. The zero-order chi connectivity index (χ0) is 9.97. The average molecular weight is 301 g/mol. The molecule has 0 bridgehead atoms. The van der Waals surface area contributed by atoms with E-state index in [-0.39, 0.29) is 0 Å². The zero-order valence-corrected chi connectivity index (χ0v) is 9.98. The normalized spacial score (nSPS) is 19.9. The molecule has 1 atom stereocenters. The van der Waals surface area contributed by atoms with E-state index in [2.05, 4.69) is 39.6 Å². The van der Waals surface area contributed by atoms with Crippen LogP contribution in [0.4, 0.5) is 0 Å². The summed E-state index contributed by atoms with van der Waals surface area (Å²) in [6.45, 7) is 1.52. The fraction of sp³-hybridized carbons (Fsp3) is 0.364. The summed E-state index contributed by atoms with van der Waals surface area (Å²) in [6.07, 6.45) is 0.715. The first-order valence-electron chi connectivity index (χ1n) is 4.72. The predicted octanol–water partition coefficient (Wildman–Crippen LogP) is 2.40. The molecule has 1 fully saturated rings. The minimum atomic E-state index is 0.334. The minimum Gasteiger partial charge on any atom is -0.298 e. The van der Waals surface area contributed by atoms with Crippen LogP contribution >= 0.6 is 22.6 Å². The standard InChI is InChI=1S/C11H12INO/c12-11(9-4-2-1-3-5-9)13-7-6-10(14)8-13/h1-5,11H,6-8H2. The molecule has 0 aliphatic carbocycles. The van der Waals surface area contributed by atoms with Crippen LogP contribution in [0.15, 0.2) is 30.3 Å². The highest BCUT2D eigenvalue weighted by molar-refractivity contribution is 14.1. The van der Waals surface area contributed by atoms with E-state index in [4.69, 9.17) is 0 Å². The molecule has 14 heavy (non-hydrogen) atoms. The minimum absolute atomic E-state index is 0.334. The van der Waals surface area contributed by atoms with Crippen molar-refractivity contribution in [2.24, 2.45) is 0 Å². The van der Waals surface area contributed by atoms with E-state index in [9.17, 15) is 4.79 Å². The van der Waals surface area contributed by atoms with Gasteiger partial charge in [-0.25, -0.2) is 0 Å². The second-order valence-electron chi connectivity index (χ2n) is 3.51. The molecule has 0 radical (unpaired) electrons. The molecule has 1 aliphatic heterocycles. The third-order valence-corrected chi connectivity index (χ3v) is 3.96. The summed E-state index contributed by atoms with van der Waals surface area (Å²) < 4.78 is 0.334. The molecule has 0 saturated carbocycles. The van der Waals surface area contributed by atoms with Crippen LogP contribution in [0.2, 0.25) is 0 Å². The second-order valence-corrected chi connectivity index (χ2v) is 4.69. The Balaban J connectivity index is 2.09.